The minimum atomic E-state index is 0.697. The Morgan fingerprint density at radius 3 is 1.71 bits per heavy atom. The van der Waals surface area contributed by atoms with Gasteiger partial charge in [0.1, 0.15) is 12.4 Å². The number of likely N-dealkylation sites (N-methyl/N-ethyl adjacent to an activating group) is 1. The Balaban J connectivity index is 1.98. The first-order valence-electron chi connectivity index (χ1n) is 9.91. The van der Waals surface area contributed by atoms with Gasteiger partial charge in [-0.25, -0.2) is 0 Å². The van der Waals surface area contributed by atoms with Crippen LogP contribution >= 0.6 is 0 Å². The number of benzene rings is 3. The summed E-state index contributed by atoms with van der Waals surface area (Å²) in [5.41, 5.74) is 6.38. The van der Waals surface area contributed by atoms with Crippen molar-refractivity contribution in [3.8, 4) is 5.75 Å². The Morgan fingerprint density at radius 1 is 0.714 bits per heavy atom. The summed E-state index contributed by atoms with van der Waals surface area (Å²) < 4.78 is 5.86. The fraction of sp³-hybridized carbons (Fsp3) is 0.231. The lowest BCUT2D eigenvalue weighted by molar-refractivity contribution is 0.261. The summed E-state index contributed by atoms with van der Waals surface area (Å²) in [5, 5.41) is 0. The van der Waals surface area contributed by atoms with Crippen LogP contribution in [0.25, 0.3) is 11.1 Å². The number of allylic oxidation sites excluding steroid dienone is 1. The highest BCUT2D eigenvalue weighted by molar-refractivity contribution is 5.98. The fourth-order valence-electron chi connectivity index (χ4n) is 3.35. The molecule has 0 heterocycles. The van der Waals surface area contributed by atoms with Crippen molar-refractivity contribution in [3.63, 3.8) is 0 Å². The van der Waals surface area contributed by atoms with Crippen molar-refractivity contribution >= 4 is 11.1 Å². The zero-order chi connectivity index (χ0) is 19.8. The molecule has 0 aliphatic heterocycles. The Bertz CT molecular complexity index is 839. The fourth-order valence-corrected chi connectivity index (χ4v) is 3.35. The molecule has 0 saturated heterocycles. The number of rotatable bonds is 8. The predicted octanol–water partition coefficient (Wildman–Crippen LogP) is 6.00. The average Bonchev–Trinajstić information content (AvgIpc) is 2.73. The Labute approximate surface area is 169 Å². The maximum absolute atomic E-state index is 5.86. The molecule has 0 bridgehead atoms. The summed E-state index contributed by atoms with van der Waals surface area (Å²) in [7, 11) is 4.11. The van der Waals surface area contributed by atoms with Crippen LogP contribution in [0.15, 0.2) is 84.9 Å². The quantitative estimate of drug-likeness (QED) is 0.451. The molecule has 0 aromatic heterocycles. The minimum absolute atomic E-state index is 0.697. The van der Waals surface area contributed by atoms with E-state index in [0.29, 0.717) is 6.61 Å². The van der Waals surface area contributed by atoms with Crippen molar-refractivity contribution < 1.29 is 4.74 Å². The van der Waals surface area contributed by atoms with Crippen LogP contribution in [0.5, 0.6) is 5.75 Å². The molecule has 0 spiro atoms. The molecule has 2 nitrogen and oxygen atoms in total. The normalized spacial score (nSPS) is 10.7. The molecular weight excluding hydrogens is 342 g/mol. The minimum Gasteiger partial charge on any atom is -0.492 e. The molecule has 3 aromatic rings. The zero-order valence-corrected chi connectivity index (χ0v) is 17.1. The monoisotopic (exact) mass is 371 g/mol. The second-order valence-electron chi connectivity index (χ2n) is 7.12. The van der Waals surface area contributed by atoms with Crippen LogP contribution < -0.4 is 4.74 Å². The Morgan fingerprint density at radius 2 is 1.25 bits per heavy atom. The summed E-state index contributed by atoms with van der Waals surface area (Å²) in [6.07, 6.45) is 0.958. The topological polar surface area (TPSA) is 12.5 Å². The smallest absolute Gasteiger partial charge is 0.119 e. The molecule has 2 heteroatoms. The molecule has 0 unspecified atom stereocenters. The van der Waals surface area contributed by atoms with E-state index in [-0.39, 0.29) is 0 Å². The van der Waals surface area contributed by atoms with E-state index >= 15 is 0 Å². The van der Waals surface area contributed by atoms with Gasteiger partial charge in [0.25, 0.3) is 0 Å². The maximum atomic E-state index is 5.86. The molecular formula is C26H29NO. The van der Waals surface area contributed by atoms with Gasteiger partial charge in [0.15, 0.2) is 0 Å². The Hall–Kier alpha value is -2.84. The number of hydrogen-bond acceptors (Lipinski definition) is 2. The third-order valence-corrected chi connectivity index (χ3v) is 4.79. The average molecular weight is 372 g/mol. The number of nitrogens with zero attached hydrogens (tertiary/aromatic N) is 1. The molecule has 0 N–H and O–H groups in total. The standard InChI is InChI=1S/C26H29NO/c1-4-25(21-15-17-24(18-16-21)28-20-19-27(2)3)26(22-11-7-5-8-12-22)23-13-9-6-10-14-23/h5-18H,4,19-20H2,1-3H3. The van der Waals surface area contributed by atoms with Crippen LogP contribution in [-0.4, -0.2) is 32.1 Å². The Kier molecular flexibility index (Phi) is 7.05. The van der Waals surface area contributed by atoms with Gasteiger partial charge in [0.2, 0.25) is 0 Å². The molecule has 0 saturated carbocycles. The molecule has 0 atom stereocenters. The molecule has 0 aliphatic rings. The SMILES string of the molecule is CCC(=C(c1ccccc1)c1ccccc1)c1ccc(OCCN(C)C)cc1. The summed E-state index contributed by atoms with van der Waals surface area (Å²) >= 11 is 0. The molecule has 28 heavy (non-hydrogen) atoms. The highest BCUT2D eigenvalue weighted by atomic mass is 16.5. The lowest BCUT2D eigenvalue weighted by Crippen LogP contribution is -2.19. The van der Waals surface area contributed by atoms with Gasteiger partial charge in [0.05, 0.1) is 0 Å². The number of hydrogen-bond donors (Lipinski definition) is 0. The third kappa shape index (κ3) is 5.11. The largest absolute Gasteiger partial charge is 0.492 e. The molecule has 0 aliphatic carbocycles. The van der Waals surface area contributed by atoms with Crippen molar-refractivity contribution in [2.24, 2.45) is 0 Å². The molecule has 0 radical (unpaired) electrons. The van der Waals surface area contributed by atoms with Gasteiger partial charge in [0, 0.05) is 6.54 Å². The van der Waals surface area contributed by atoms with E-state index in [4.69, 9.17) is 4.74 Å². The molecule has 3 aromatic carbocycles. The lowest BCUT2D eigenvalue weighted by atomic mass is 9.88. The van der Waals surface area contributed by atoms with Gasteiger partial charge < -0.3 is 9.64 Å². The third-order valence-electron chi connectivity index (χ3n) is 4.79. The molecule has 0 fully saturated rings. The van der Waals surface area contributed by atoms with Gasteiger partial charge >= 0.3 is 0 Å². The predicted molar refractivity (Wildman–Crippen MR) is 120 cm³/mol. The van der Waals surface area contributed by atoms with E-state index in [1.807, 2.05) is 0 Å². The van der Waals surface area contributed by atoms with Crippen LogP contribution in [-0.2, 0) is 0 Å². The van der Waals surface area contributed by atoms with Crippen molar-refractivity contribution in [2.75, 3.05) is 27.2 Å². The first-order valence-corrected chi connectivity index (χ1v) is 9.91. The van der Waals surface area contributed by atoms with Gasteiger partial charge in [-0.2, -0.15) is 0 Å². The van der Waals surface area contributed by atoms with Crippen LogP contribution in [0.1, 0.15) is 30.0 Å². The van der Waals surface area contributed by atoms with Crippen LogP contribution in [0, 0.1) is 0 Å². The van der Waals surface area contributed by atoms with Gasteiger partial charge in [-0.1, -0.05) is 79.7 Å². The van der Waals surface area contributed by atoms with Crippen LogP contribution in [0.3, 0.4) is 0 Å². The van der Waals surface area contributed by atoms with Gasteiger partial charge in [-0.05, 0) is 60.5 Å². The summed E-state index contributed by atoms with van der Waals surface area (Å²) in [6, 6.07) is 29.8. The second-order valence-corrected chi connectivity index (χ2v) is 7.12. The van der Waals surface area contributed by atoms with Crippen molar-refractivity contribution in [1.82, 2.24) is 4.90 Å². The van der Waals surface area contributed by atoms with Crippen LogP contribution in [0.2, 0.25) is 0 Å². The zero-order valence-electron chi connectivity index (χ0n) is 17.1. The van der Waals surface area contributed by atoms with Crippen molar-refractivity contribution in [1.29, 1.82) is 0 Å². The van der Waals surface area contributed by atoms with E-state index in [1.54, 1.807) is 0 Å². The molecule has 0 amide bonds. The molecule has 144 valence electrons. The van der Waals surface area contributed by atoms with E-state index < -0.39 is 0 Å². The van der Waals surface area contributed by atoms with E-state index in [2.05, 4.69) is 111 Å². The van der Waals surface area contributed by atoms with E-state index in [9.17, 15) is 0 Å². The van der Waals surface area contributed by atoms with Crippen molar-refractivity contribution in [2.45, 2.75) is 13.3 Å². The highest BCUT2D eigenvalue weighted by Gasteiger charge is 2.12. The van der Waals surface area contributed by atoms with E-state index in [0.717, 1.165) is 18.7 Å². The highest BCUT2D eigenvalue weighted by Crippen LogP contribution is 2.34. The van der Waals surface area contributed by atoms with Crippen LogP contribution in [0.4, 0.5) is 0 Å². The number of ether oxygens (including phenoxy) is 1. The van der Waals surface area contributed by atoms with Crippen molar-refractivity contribution in [3.05, 3.63) is 102 Å². The first-order chi connectivity index (χ1) is 13.7. The summed E-state index contributed by atoms with van der Waals surface area (Å²) in [4.78, 5) is 2.12. The lowest BCUT2D eigenvalue weighted by Gasteiger charge is -2.17. The summed E-state index contributed by atoms with van der Waals surface area (Å²) in [6.45, 7) is 3.83. The van der Waals surface area contributed by atoms with Gasteiger partial charge in [-0.3, -0.25) is 0 Å². The maximum Gasteiger partial charge on any atom is 0.119 e. The second kappa shape index (κ2) is 9.91. The first kappa shape index (κ1) is 19.9. The van der Waals surface area contributed by atoms with E-state index in [1.165, 1.54) is 27.8 Å². The summed E-state index contributed by atoms with van der Waals surface area (Å²) in [5.74, 6) is 0.919. The van der Waals surface area contributed by atoms with Gasteiger partial charge in [-0.15, -0.1) is 0 Å². The molecule has 3 rings (SSSR count).